The average molecular weight is 114 g/mol. The fourth-order valence-electron chi connectivity index (χ4n) is 0.744. The molecule has 0 aliphatic carbocycles. The van der Waals surface area contributed by atoms with Crippen LogP contribution in [-0.2, 0) is 0 Å². The van der Waals surface area contributed by atoms with Gasteiger partial charge in [-0.15, -0.1) is 0 Å². The van der Waals surface area contributed by atoms with Crippen LogP contribution >= 0.6 is 0 Å². The molecule has 0 aliphatic rings. The van der Waals surface area contributed by atoms with Crippen molar-refractivity contribution in [3.05, 3.63) is 0 Å². The van der Waals surface area contributed by atoms with Crippen LogP contribution in [0.4, 0.5) is 0 Å². The molecule has 0 aromatic carbocycles. The molecule has 0 unspecified atom stereocenters. The van der Waals surface area contributed by atoms with Gasteiger partial charge < -0.3 is 0 Å². The Kier molecular flexibility index (Phi) is 4.62. The second kappa shape index (κ2) is 4.82. The molecule has 0 radical (unpaired) electrons. The van der Waals surface area contributed by atoms with E-state index in [0.717, 1.165) is 13.1 Å². The first-order valence-corrected chi connectivity index (χ1v) is 3.36. The summed E-state index contributed by atoms with van der Waals surface area (Å²) >= 11 is 0. The molecule has 0 bridgehead atoms. The van der Waals surface area contributed by atoms with Gasteiger partial charge in [0.05, 0.1) is 0 Å². The number of hydrogen-bond acceptors (Lipinski definition) is 0. The SMILES string of the molecule is C=[N+](CCC)CCC. The molecule has 0 saturated heterocycles. The first kappa shape index (κ1) is 7.67. The Morgan fingerprint density at radius 2 is 1.50 bits per heavy atom. The van der Waals surface area contributed by atoms with Gasteiger partial charge in [0.25, 0.3) is 0 Å². The summed E-state index contributed by atoms with van der Waals surface area (Å²) in [6, 6.07) is 0. The molecule has 1 nitrogen and oxygen atoms in total. The van der Waals surface area contributed by atoms with Crippen LogP contribution in [0.25, 0.3) is 0 Å². The van der Waals surface area contributed by atoms with E-state index >= 15 is 0 Å². The Morgan fingerprint density at radius 1 is 1.12 bits per heavy atom. The largest absolute Gasteiger partial charge is 0.242 e. The van der Waals surface area contributed by atoms with Crippen molar-refractivity contribution in [1.82, 2.24) is 0 Å². The molecular weight excluding hydrogens is 98.1 g/mol. The molecule has 1 heteroatoms. The zero-order chi connectivity index (χ0) is 6.41. The molecule has 0 rings (SSSR count). The van der Waals surface area contributed by atoms with Gasteiger partial charge in [0, 0.05) is 12.8 Å². The summed E-state index contributed by atoms with van der Waals surface area (Å²) in [6.45, 7) is 10.5. The van der Waals surface area contributed by atoms with E-state index in [-0.39, 0.29) is 0 Å². The Labute approximate surface area is 52.0 Å². The van der Waals surface area contributed by atoms with Crippen molar-refractivity contribution in [3.63, 3.8) is 0 Å². The summed E-state index contributed by atoms with van der Waals surface area (Å²) in [4.78, 5) is 0. The molecule has 48 valence electrons. The Balaban J connectivity index is 3.06. The molecule has 0 aromatic heterocycles. The third-order valence-electron chi connectivity index (χ3n) is 1.08. The van der Waals surface area contributed by atoms with Gasteiger partial charge in [0.1, 0.15) is 19.8 Å². The summed E-state index contributed by atoms with van der Waals surface area (Å²) in [6.07, 6.45) is 2.42. The maximum absolute atomic E-state index is 3.85. The van der Waals surface area contributed by atoms with Gasteiger partial charge in [-0.25, -0.2) is 4.58 Å². The number of rotatable bonds is 4. The summed E-state index contributed by atoms with van der Waals surface area (Å²) in [5.41, 5.74) is 0. The van der Waals surface area contributed by atoms with Crippen molar-refractivity contribution in [3.8, 4) is 0 Å². The normalized spacial score (nSPS) is 9.25. The maximum atomic E-state index is 3.85. The van der Waals surface area contributed by atoms with Gasteiger partial charge >= 0.3 is 0 Å². The lowest BCUT2D eigenvalue weighted by Crippen LogP contribution is -2.10. The molecule has 0 N–H and O–H groups in total. The van der Waals surface area contributed by atoms with Crippen LogP contribution in [-0.4, -0.2) is 24.4 Å². The summed E-state index contributed by atoms with van der Waals surface area (Å²) in [5, 5.41) is 0. The quantitative estimate of drug-likeness (QED) is 0.385. The van der Waals surface area contributed by atoms with Gasteiger partial charge in [0.15, 0.2) is 0 Å². The van der Waals surface area contributed by atoms with E-state index in [0.29, 0.717) is 0 Å². The number of hydrogen-bond donors (Lipinski definition) is 0. The van der Waals surface area contributed by atoms with E-state index in [1.54, 1.807) is 0 Å². The molecule has 0 aromatic rings. The van der Waals surface area contributed by atoms with Gasteiger partial charge in [0.2, 0.25) is 0 Å². The van der Waals surface area contributed by atoms with E-state index in [9.17, 15) is 0 Å². The lowest BCUT2D eigenvalue weighted by Gasteiger charge is -1.94. The predicted octanol–water partition coefficient (Wildman–Crippen LogP) is 1.52. The summed E-state index contributed by atoms with van der Waals surface area (Å²) in [5.74, 6) is 0. The predicted molar refractivity (Wildman–Crippen MR) is 37.7 cm³/mol. The number of nitrogens with zero attached hydrogens (tertiary/aromatic N) is 1. The Bertz CT molecular complexity index is 58.8. The van der Waals surface area contributed by atoms with E-state index in [2.05, 4.69) is 25.1 Å². The van der Waals surface area contributed by atoms with Crippen molar-refractivity contribution in [2.75, 3.05) is 13.1 Å². The second-order valence-corrected chi connectivity index (χ2v) is 2.12. The van der Waals surface area contributed by atoms with Crippen molar-refractivity contribution in [1.29, 1.82) is 0 Å². The minimum Gasteiger partial charge on any atom is -0.242 e. The molecule has 0 heterocycles. The minimum absolute atomic E-state index is 1.13. The van der Waals surface area contributed by atoms with Crippen molar-refractivity contribution in [2.24, 2.45) is 0 Å². The molecule has 0 fully saturated rings. The first-order chi connectivity index (χ1) is 3.81. The highest BCUT2D eigenvalue weighted by Crippen LogP contribution is 1.80. The Hall–Kier alpha value is -0.330. The summed E-state index contributed by atoms with van der Waals surface area (Å²) in [7, 11) is 0. The molecule has 0 saturated carbocycles. The van der Waals surface area contributed by atoms with E-state index in [1.165, 1.54) is 12.8 Å². The van der Waals surface area contributed by atoms with Gasteiger partial charge in [-0.2, -0.15) is 0 Å². The topological polar surface area (TPSA) is 3.01 Å². The Morgan fingerprint density at radius 3 is 1.75 bits per heavy atom. The smallest absolute Gasteiger partial charge is 0.142 e. The van der Waals surface area contributed by atoms with E-state index < -0.39 is 0 Å². The second-order valence-electron chi connectivity index (χ2n) is 2.12. The maximum Gasteiger partial charge on any atom is 0.142 e. The highest BCUT2D eigenvalue weighted by molar-refractivity contribution is 5.14. The van der Waals surface area contributed by atoms with Gasteiger partial charge in [-0.05, 0) is 0 Å². The summed E-state index contributed by atoms with van der Waals surface area (Å²) < 4.78 is 2.11. The van der Waals surface area contributed by atoms with Crippen LogP contribution in [0.1, 0.15) is 26.7 Å². The lowest BCUT2D eigenvalue weighted by molar-refractivity contribution is -0.519. The van der Waals surface area contributed by atoms with E-state index in [4.69, 9.17) is 0 Å². The average Bonchev–Trinajstić information content (AvgIpc) is 1.68. The van der Waals surface area contributed by atoms with Crippen LogP contribution in [0.15, 0.2) is 0 Å². The molecule has 0 aliphatic heterocycles. The molecule has 0 spiro atoms. The van der Waals surface area contributed by atoms with Crippen LogP contribution in [0.5, 0.6) is 0 Å². The molecule has 0 atom stereocenters. The first-order valence-electron chi connectivity index (χ1n) is 3.36. The third kappa shape index (κ3) is 3.85. The zero-order valence-corrected chi connectivity index (χ0v) is 5.98. The van der Waals surface area contributed by atoms with Crippen LogP contribution < -0.4 is 0 Å². The van der Waals surface area contributed by atoms with Gasteiger partial charge in [-0.1, -0.05) is 13.8 Å². The third-order valence-corrected chi connectivity index (χ3v) is 1.08. The molecular formula is C7H16N+. The highest BCUT2D eigenvalue weighted by Gasteiger charge is 1.92. The fourth-order valence-corrected chi connectivity index (χ4v) is 0.744. The van der Waals surface area contributed by atoms with Crippen LogP contribution in [0, 0.1) is 0 Å². The molecule has 0 amide bonds. The molecule has 8 heavy (non-hydrogen) atoms. The monoisotopic (exact) mass is 114 g/mol. The van der Waals surface area contributed by atoms with Crippen LogP contribution in [0.3, 0.4) is 0 Å². The minimum atomic E-state index is 1.13. The zero-order valence-electron chi connectivity index (χ0n) is 5.98. The fraction of sp³-hybridized carbons (Fsp3) is 0.857. The van der Waals surface area contributed by atoms with Gasteiger partial charge in [-0.3, -0.25) is 0 Å². The van der Waals surface area contributed by atoms with Crippen molar-refractivity contribution in [2.45, 2.75) is 26.7 Å². The van der Waals surface area contributed by atoms with Crippen molar-refractivity contribution < 1.29 is 4.58 Å². The van der Waals surface area contributed by atoms with Crippen LogP contribution in [0.2, 0.25) is 0 Å². The standard InChI is InChI=1S/C7H16N/c1-4-6-8(3)7-5-2/h3-7H2,1-2H3/q+1. The lowest BCUT2D eigenvalue weighted by atomic mass is 10.4. The van der Waals surface area contributed by atoms with Crippen molar-refractivity contribution >= 4 is 6.72 Å². The highest BCUT2D eigenvalue weighted by atomic mass is 15.0. The van der Waals surface area contributed by atoms with E-state index in [1.807, 2.05) is 0 Å².